The second-order valence-electron chi connectivity index (χ2n) is 8.12. The summed E-state index contributed by atoms with van der Waals surface area (Å²) >= 11 is 0. The van der Waals surface area contributed by atoms with Crippen LogP contribution >= 0.6 is 0 Å². The van der Waals surface area contributed by atoms with E-state index in [0.29, 0.717) is 25.6 Å². The molecule has 8 heteroatoms. The lowest BCUT2D eigenvalue weighted by atomic mass is 9.93. The Labute approximate surface area is 171 Å². The Morgan fingerprint density at radius 1 is 1.10 bits per heavy atom. The van der Waals surface area contributed by atoms with Gasteiger partial charge in [0.25, 0.3) is 10.0 Å². The first-order valence-corrected chi connectivity index (χ1v) is 11.5. The number of imidazole rings is 1. The van der Waals surface area contributed by atoms with Gasteiger partial charge in [-0.1, -0.05) is 30.3 Å². The average Bonchev–Trinajstić information content (AvgIpc) is 3.33. The van der Waals surface area contributed by atoms with Gasteiger partial charge >= 0.3 is 0 Å². The highest BCUT2D eigenvalue weighted by atomic mass is 32.2. The summed E-state index contributed by atoms with van der Waals surface area (Å²) in [5.74, 6) is 0.664. The zero-order valence-electron chi connectivity index (χ0n) is 16.4. The van der Waals surface area contributed by atoms with Crippen LogP contribution in [0.25, 0.3) is 0 Å². The molecule has 7 nitrogen and oxygen atoms in total. The highest BCUT2D eigenvalue weighted by molar-refractivity contribution is 7.89. The number of allylic oxidation sites excluding steroid dienone is 1. The largest absolute Gasteiger partial charge is 0.366 e. The molecule has 3 heterocycles. The van der Waals surface area contributed by atoms with Crippen molar-refractivity contribution in [2.45, 2.75) is 29.8 Å². The van der Waals surface area contributed by atoms with E-state index in [1.165, 1.54) is 24.7 Å². The number of hydrogen-bond donors (Lipinski definition) is 0. The van der Waals surface area contributed by atoms with Gasteiger partial charge in [0.2, 0.25) is 0 Å². The maximum Gasteiger partial charge on any atom is 0.262 e. The molecule has 29 heavy (non-hydrogen) atoms. The van der Waals surface area contributed by atoms with Gasteiger partial charge in [0.05, 0.1) is 24.6 Å². The molecule has 2 atom stereocenters. The molecule has 1 saturated heterocycles. The van der Waals surface area contributed by atoms with Gasteiger partial charge in [-0.2, -0.15) is 4.31 Å². The van der Waals surface area contributed by atoms with Gasteiger partial charge in [0, 0.05) is 50.6 Å². The number of sulfonamides is 1. The van der Waals surface area contributed by atoms with Crippen LogP contribution in [0.15, 0.2) is 64.8 Å². The fraction of sp³-hybridized carbons (Fsp3) is 0.429. The third-order valence-electron chi connectivity index (χ3n) is 6.02. The predicted octanol–water partition coefficient (Wildman–Crippen LogP) is 2.21. The van der Waals surface area contributed by atoms with Gasteiger partial charge in [-0.15, -0.1) is 0 Å². The van der Waals surface area contributed by atoms with E-state index in [1.807, 2.05) is 24.4 Å². The normalized spacial score (nSPS) is 25.4. The highest BCUT2D eigenvalue weighted by Gasteiger charge is 2.43. The number of hydrogen-bond acceptors (Lipinski definition) is 5. The van der Waals surface area contributed by atoms with E-state index in [1.54, 1.807) is 22.1 Å². The highest BCUT2D eigenvalue weighted by Crippen LogP contribution is 2.40. The van der Waals surface area contributed by atoms with Gasteiger partial charge in [0.1, 0.15) is 0 Å². The fourth-order valence-electron chi connectivity index (χ4n) is 4.28. The van der Waals surface area contributed by atoms with Gasteiger partial charge < -0.3 is 9.47 Å². The molecule has 0 radical (unpaired) electrons. The minimum absolute atomic E-state index is 0.0661. The minimum atomic E-state index is -3.63. The molecule has 0 spiro atoms. The van der Waals surface area contributed by atoms with Crippen molar-refractivity contribution in [1.82, 2.24) is 18.8 Å². The average molecular weight is 412 g/mol. The van der Waals surface area contributed by atoms with Crippen LogP contribution in [0, 0.1) is 5.92 Å². The van der Waals surface area contributed by atoms with Crippen LogP contribution in [-0.4, -0.2) is 59.1 Å². The number of benzene rings is 1. The standard InChI is InChI=1S/C21H25N5O2S/c1-24-14-21(23-15-24)29(27,28)26-11-18(16-5-3-2-4-6-16)20(13-26)25-10-9-22-19(12-25)17-7-8-17/h2-6,9,12,14-15,17-18,20H,7-8,10-11,13H2,1H3/t18-,20+/m1/s1. The summed E-state index contributed by atoms with van der Waals surface area (Å²) in [6.07, 6.45) is 9.62. The minimum Gasteiger partial charge on any atom is -0.366 e. The number of aryl methyl sites for hydroxylation is 1. The smallest absolute Gasteiger partial charge is 0.262 e. The second-order valence-corrected chi connectivity index (χ2v) is 10.0. The number of nitrogens with zero attached hydrogens (tertiary/aromatic N) is 5. The Bertz CT molecular complexity index is 1060. The third-order valence-corrected chi connectivity index (χ3v) is 7.74. The van der Waals surface area contributed by atoms with E-state index in [9.17, 15) is 8.42 Å². The second kappa shape index (κ2) is 7.11. The summed E-state index contributed by atoms with van der Waals surface area (Å²) in [6.45, 7) is 1.61. The molecule has 5 rings (SSSR count). The van der Waals surface area contributed by atoms with Crippen molar-refractivity contribution in [3.63, 3.8) is 0 Å². The topological polar surface area (TPSA) is 70.8 Å². The maximum absolute atomic E-state index is 13.2. The van der Waals surface area contributed by atoms with Crippen molar-refractivity contribution in [3.05, 3.63) is 60.3 Å². The molecule has 0 N–H and O–H groups in total. The first kappa shape index (κ1) is 18.6. The Hall–Kier alpha value is -2.45. The van der Waals surface area contributed by atoms with Gasteiger partial charge in [0.15, 0.2) is 5.03 Å². The zero-order chi connectivity index (χ0) is 20.0. The zero-order valence-corrected chi connectivity index (χ0v) is 17.2. The molecule has 1 aromatic carbocycles. The molecule has 0 unspecified atom stereocenters. The Morgan fingerprint density at radius 2 is 1.90 bits per heavy atom. The fourth-order valence-corrected chi connectivity index (χ4v) is 5.73. The van der Waals surface area contributed by atoms with Crippen LogP contribution in [0.2, 0.25) is 0 Å². The van der Waals surface area contributed by atoms with Crippen molar-refractivity contribution in [3.8, 4) is 0 Å². The summed E-state index contributed by atoms with van der Waals surface area (Å²) in [5, 5.41) is 0.113. The van der Waals surface area contributed by atoms with Crippen LogP contribution in [-0.2, 0) is 17.1 Å². The van der Waals surface area contributed by atoms with Gasteiger partial charge in [-0.05, 0) is 18.4 Å². The van der Waals surface area contributed by atoms with E-state index >= 15 is 0 Å². The van der Waals surface area contributed by atoms with Crippen molar-refractivity contribution in [2.24, 2.45) is 18.0 Å². The molecule has 2 fully saturated rings. The lowest BCUT2D eigenvalue weighted by Crippen LogP contribution is -2.40. The quantitative estimate of drug-likeness (QED) is 0.756. The third kappa shape index (κ3) is 3.51. The van der Waals surface area contributed by atoms with Crippen molar-refractivity contribution in [1.29, 1.82) is 0 Å². The van der Waals surface area contributed by atoms with Crippen LogP contribution in [0.5, 0.6) is 0 Å². The molecular formula is C21H25N5O2S. The molecule has 1 saturated carbocycles. The van der Waals surface area contributed by atoms with E-state index < -0.39 is 10.0 Å². The van der Waals surface area contributed by atoms with Crippen LogP contribution in [0.1, 0.15) is 24.3 Å². The first-order valence-electron chi connectivity index (χ1n) is 10.1. The SMILES string of the molecule is Cn1cnc(S(=O)(=O)N2C[C@H](c3ccccc3)[C@@H](N3C=C(C4CC4)N=CC3)C2)c1. The van der Waals surface area contributed by atoms with E-state index in [-0.39, 0.29) is 17.0 Å². The molecular weight excluding hydrogens is 386 g/mol. The summed E-state index contributed by atoms with van der Waals surface area (Å²) in [5.41, 5.74) is 2.30. The summed E-state index contributed by atoms with van der Waals surface area (Å²) in [4.78, 5) is 11.0. The molecule has 0 bridgehead atoms. The lowest BCUT2D eigenvalue weighted by Gasteiger charge is -2.32. The van der Waals surface area contributed by atoms with E-state index in [2.05, 4.69) is 33.2 Å². The first-order chi connectivity index (χ1) is 14.0. The van der Waals surface area contributed by atoms with E-state index in [4.69, 9.17) is 0 Å². The van der Waals surface area contributed by atoms with Crippen molar-refractivity contribution < 1.29 is 8.42 Å². The monoisotopic (exact) mass is 411 g/mol. The summed E-state index contributed by atoms with van der Waals surface area (Å²) in [7, 11) is -1.85. The Balaban J connectivity index is 1.48. The van der Waals surface area contributed by atoms with Crippen LogP contribution < -0.4 is 0 Å². The lowest BCUT2D eigenvalue weighted by molar-refractivity contribution is 0.294. The molecule has 0 amide bonds. The number of rotatable bonds is 5. The molecule has 2 aromatic rings. The van der Waals surface area contributed by atoms with Gasteiger partial charge in [-0.3, -0.25) is 4.99 Å². The van der Waals surface area contributed by atoms with Crippen LogP contribution in [0.4, 0.5) is 0 Å². The maximum atomic E-state index is 13.2. The molecule has 2 aliphatic heterocycles. The number of aromatic nitrogens is 2. The number of aliphatic imine (C=N–C) groups is 1. The summed E-state index contributed by atoms with van der Waals surface area (Å²) in [6, 6.07) is 10.3. The predicted molar refractivity (Wildman–Crippen MR) is 111 cm³/mol. The molecule has 3 aliphatic rings. The van der Waals surface area contributed by atoms with E-state index in [0.717, 1.165) is 5.70 Å². The Kier molecular flexibility index (Phi) is 4.55. The molecule has 152 valence electrons. The van der Waals surface area contributed by atoms with Crippen molar-refractivity contribution in [2.75, 3.05) is 19.6 Å². The van der Waals surface area contributed by atoms with Crippen LogP contribution in [0.3, 0.4) is 0 Å². The van der Waals surface area contributed by atoms with Gasteiger partial charge in [-0.25, -0.2) is 13.4 Å². The summed E-state index contributed by atoms with van der Waals surface area (Å²) < 4.78 is 29.7. The molecule has 1 aliphatic carbocycles. The Morgan fingerprint density at radius 3 is 2.59 bits per heavy atom. The van der Waals surface area contributed by atoms with Crippen molar-refractivity contribution >= 4 is 16.2 Å². The molecule has 1 aromatic heterocycles.